The van der Waals surface area contributed by atoms with Crippen molar-refractivity contribution in [2.24, 2.45) is 5.41 Å². The predicted molar refractivity (Wildman–Crippen MR) is 161 cm³/mol. The first-order valence-corrected chi connectivity index (χ1v) is 15.0. The van der Waals surface area contributed by atoms with Gasteiger partial charge < -0.3 is 10.2 Å². The van der Waals surface area contributed by atoms with Crippen LogP contribution in [-0.2, 0) is 30.8 Å². The summed E-state index contributed by atoms with van der Waals surface area (Å²) in [7, 11) is 0. The van der Waals surface area contributed by atoms with Crippen LogP contribution in [0.25, 0.3) is 0 Å². The maximum absolute atomic E-state index is 12.3. The third-order valence-electron chi connectivity index (χ3n) is 10.1. The molecule has 2 saturated heterocycles. The fourth-order valence-electron chi connectivity index (χ4n) is 7.39. The van der Waals surface area contributed by atoms with Crippen LogP contribution >= 0.6 is 0 Å². The average molecular weight is 579 g/mol. The summed E-state index contributed by atoms with van der Waals surface area (Å²) >= 11 is 0. The molecule has 1 saturated carbocycles. The molecule has 4 aromatic rings. The van der Waals surface area contributed by atoms with Gasteiger partial charge in [0.25, 0.3) is 0 Å². The van der Waals surface area contributed by atoms with Gasteiger partial charge in [-0.2, -0.15) is 9.78 Å². The molecule has 1 spiro atoms. The normalized spacial score (nSPS) is 29.1. The summed E-state index contributed by atoms with van der Waals surface area (Å²) in [6.45, 7) is 8.16. The zero-order valence-corrected chi connectivity index (χ0v) is 25.1. The molecule has 4 aromatic carbocycles. The summed E-state index contributed by atoms with van der Waals surface area (Å²) in [5.41, 5.74) is 4.20. The summed E-state index contributed by atoms with van der Waals surface area (Å²) < 4.78 is 0. The summed E-state index contributed by atoms with van der Waals surface area (Å²) in [6, 6.07) is 32.5. The van der Waals surface area contributed by atoms with Gasteiger partial charge in [0, 0.05) is 25.7 Å². The molecule has 43 heavy (non-hydrogen) atoms. The Morgan fingerprint density at radius 3 is 0.930 bits per heavy atom. The molecule has 7 rings (SSSR count). The van der Waals surface area contributed by atoms with Gasteiger partial charge in [0.05, 0.1) is 5.41 Å². The third kappa shape index (κ3) is 4.16. The SMILES string of the molecule is Cc1ccc(C2(c3ccc(C)cc3)CC34CC(c5ccc(C)cc5)(c5ccc(C)cc5)OOC3(O)CCC4(O)OO2)cc1. The van der Waals surface area contributed by atoms with Gasteiger partial charge in [0.1, 0.15) is 0 Å². The van der Waals surface area contributed by atoms with Crippen LogP contribution in [0.2, 0.25) is 0 Å². The lowest BCUT2D eigenvalue weighted by Gasteiger charge is -2.60. The first kappa shape index (κ1) is 28.4. The first-order valence-electron chi connectivity index (χ1n) is 15.0. The lowest BCUT2D eigenvalue weighted by molar-refractivity contribution is -0.576. The van der Waals surface area contributed by atoms with Crippen LogP contribution in [0.3, 0.4) is 0 Å². The summed E-state index contributed by atoms with van der Waals surface area (Å²) in [5.74, 6) is -3.68. The second-order valence-corrected chi connectivity index (χ2v) is 13.0. The van der Waals surface area contributed by atoms with Crippen molar-refractivity contribution in [2.75, 3.05) is 0 Å². The van der Waals surface area contributed by atoms with E-state index >= 15 is 0 Å². The molecule has 2 heterocycles. The van der Waals surface area contributed by atoms with E-state index in [4.69, 9.17) is 19.6 Å². The molecule has 0 radical (unpaired) electrons. The van der Waals surface area contributed by atoms with Crippen LogP contribution in [0.1, 0.15) is 70.2 Å². The molecule has 3 fully saturated rings. The fraction of sp³-hybridized carbons (Fsp3) is 0.351. The van der Waals surface area contributed by atoms with Gasteiger partial charge in [-0.15, -0.1) is 0 Å². The van der Waals surface area contributed by atoms with Crippen LogP contribution in [-0.4, -0.2) is 21.8 Å². The van der Waals surface area contributed by atoms with Crippen LogP contribution in [0.5, 0.6) is 0 Å². The molecular weight excluding hydrogens is 540 g/mol. The van der Waals surface area contributed by atoms with Crippen molar-refractivity contribution in [2.45, 2.75) is 76.2 Å². The summed E-state index contributed by atoms with van der Waals surface area (Å²) in [5, 5.41) is 24.7. The Kier molecular flexibility index (Phi) is 6.49. The molecule has 3 aliphatic rings. The largest absolute Gasteiger partial charge is 0.363 e. The van der Waals surface area contributed by atoms with Gasteiger partial charge in [0.15, 0.2) is 11.2 Å². The van der Waals surface area contributed by atoms with E-state index in [1.807, 2.05) is 125 Å². The van der Waals surface area contributed by atoms with Gasteiger partial charge in [-0.05, 0) is 49.9 Å². The minimum Gasteiger partial charge on any atom is -0.363 e. The standard InChI is InChI=1S/C37H38O6/c1-25-5-13-29(14-6-25)34(30-15-7-26(2)8-16-30)23-33-24-35(31-17-9-27(3)10-18-31,32-19-11-28(4)12-20-32)41-43-37(33,39)22-21-36(33,38)42-40-34/h5-20,38-39H,21-24H2,1-4H3. The third-order valence-corrected chi connectivity index (χ3v) is 10.1. The Morgan fingerprint density at radius 1 is 0.419 bits per heavy atom. The quantitative estimate of drug-likeness (QED) is 0.255. The zero-order valence-electron chi connectivity index (χ0n) is 25.1. The minimum absolute atomic E-state index is 0.114. The van der Waals surface area contributed by atoms with Crippen molar-refractivity contribution in [1.82, 2.24) is 0 Å². The van der Waals surface area contributed by atoms with Crippen LogP contribution in [0.4, 0.5) is 0 Å². The monoisotopic (exact) mass is 578 g/mol. The summed E-state index contributed by atoms with van der Waals surface area (Å²) in [4.78, 5) is 25.1. The van der Waals surface area contributed by atoms with E-state index < -0.39 is 28.2 Å². The Hall–Kier alpha value is -3.36. The Labute approximate surface area is 252 Å². The highest BCUT2D eigenvalue weighted by atomic mass is 17.3. The van der Waals surface area contributed by atoms with E-state index in [-0.39, 0.29) is 25.7 Å². The second-order valence-electron chi connectivity index (χ2n) is 13.0. The van der Waals surface area contributed by atoms with E-state index in [2.05, 4.69) is 0 Å². The second kappa shape index (κ2) is 9.83. The highest BCUT2D eigenvalue weighted by molar-refractivity contribution is 5.44. The zero-order chi connectivity index (χ0) is 30.1. The van der Waals surface area contributed by atoms with Crippen molar-refractivity contribution in [3.8, 4) is 0 Å². The highest BCUT2D eigenvalue weighted by Gasteiger charge is 2.79. The fourth-order valence-corrected chi connectivity index (χ4v) is 7.39. The van der Waals surface area contributed by atoms with Gasteiger partial charge >= 0.3 is 0 Å². The van der Waals surface area contributed by atoms with Crippen LogP contribution in [0, 0.1) is 33.1 Å². The van der Waals surface area contributed by atoms with E-state index in [0.717, 1.165) is 44.5 Å². The topological polar surface area (TPSA) is 77.4 Å². The number of benzene rings is 4. The molecule has 2 N–H and O–H groups in total. The van der Waals surface area contributed by atoms with Crippen molar-refractivity contribution < 1.29 is 29.8 Å². The molecule has 0 amide bonds. The van der Waals surface area contributed by atoms with Crippen molar-refractivity contribution in [3.05, 3.63) is 142 Å². The highest BCUT2D eigenvalue weighted by Crippen LogP contribution is 2.70. The smallest absolute Gasteiger partial charge is 0.210 e. The molecule has 2 aliphatic heterocycles. The number of aryl methyl sites for hydroxylation is 4. The van der Waals surface area contributed by atoms with Gasteiger partial charge in [0.2, 0.25) is 11.6 Å². The van der Waals surface area contributed by atoms with Gasteiger partial charge in [-0.3, -0.25) is 0 Å². The Bertz CT molecular complexity index is 1410. The van der Waals surface area contributed by atoms with E-state index in [0.29, 0.717) is 0 Å². The number of hydrogen-bond donors (Lipinski definition) is 2. The Balaban J connectivity index is 1.46. The van der Waals surface area contributed by atoms with E-state index in [9.17, 15) is 10.2 Å². The van der Waals surface area contributed by atoms with Crippen LogP contribution < -0.4 is 0 Å². The van der Waals surface area contributed by atoms with E-state index in [1.54, 1.807) is 0 Å². The maximum atomic E-state index is 12.3. The number of aliphatic hydroxyl groups is 2. The van der Waals surface area contributed by atoms with Crippen LogP contribution in [0.15, 0.2) is 97.1 Å². The first-order chi connectivity index (χ1) is 20.5. The molecular formula is C37H38O6. The van der Waals surface area contributed by atoms with Gasteiger partial charge in [-0.25, -0.2) is 9.78 Å². The lowest BCUT2D eigenvalue weighted by atomic mass is 9.59. The van der Waals surface area contributed by atoms with E-state index in [1.165, 1.54) is 0 Å². The minimum atomic E-state index is -1.84. The molecule has 2 unspecified atom stereocenters. The number of hydrogen-bond acceptors (Lipinski definition) is 6. The van der Waals surface area contributed by atoms with Gasteiger partial charge in [-0.1, -0.05) is 119 Å². The predicted octanol–water partition coefficient (Wildman–Crippen LogP) is 6.97. The average Bonchev–Trinajstić information content (AvgIpc) is 3.24. The van der Waals surface area contributed by atoms with Crippen molar-refractivity contribution in [3.63, 3.8) is 0 Å². The molecule has 0 aromatic heterocycles. The molecule has 2 atom stereocenters. The molecule has 222 valence electrons. The Morgan fingerprint density at radius 2 is 0.674 bits per heavy atom. The van der Waals surface area contributed by atoms with Crippen molar-refractivity contribution >= 4 is 0 Å². The molecule has 6 nitrogen and oxygen atoms in total. The van der Waals surface area contributed by atoms with Crippen molar-refractivity contribution in [1.29, 1.82) is 0 Å². The maximum Gasteiger partial charge on any atom is 0.210 e. The molecule has 0 bridgehead atoms. The molecule has 6 heteroatoms. The summed E-state index contributed by atoms with van der Waals surface area (Å²) in [6.07, 6.45) is 0.592. The molecule has 1 aliphatic carbocycles. The lowest BCUT2D eigenvalue weighted by Crippen LogP contribution is -2.69. The number of rotatable bonds is 4.